The van der Waals surface area contributed by atoms with E-state index < -0.39 is 47.1 Å². The predicted octanol–water partition coefficient (Wildman–Crippen LogP) is 1.26. The summed E-state index contributed by atoms with van der Waals surface area (Å²) < 4.78 is 43.9. The highest BCUT2D eigenvalue weighted by Crippen LogP contribution is 2.26. The molecule has 1 fully saturated rings. The maximum Gasteiger partial charge on any atom is 0.321 e. The molecular weight excluding hydrogens is 351 g/mol. The Hall–Kier alpha value is -2.00. The molecule has 1 saturated heterocycles. The van der Waals surface area contributed by atoms with Crippen LogP contribution >= 0.6 is 0 Å². The summed E-state index contributed by atoms with van der Waals surface area (Å²) >= 11 is 0. The summed E-state index contributed by atoms with van der Waals surface area (Å²) in [4.78, 5) is 24.4. The molecule has 9 heteroatoms. The highest BCUT2D eigenvalue weighted by Gasteiger charge is 2.51. The number of carbonyl (C=O) groups is 2. The molecule has 7 nitrogen and oxygen atoms in total. The smallest absolute Gasteiger partial charge is 0.321 e. The topological polar surface area (TPSA) is 84.0 Å². The average Bonchev–Trinajstić information content (AvgIpc) is 2.66. The van der Waals surface area contributed by atoms with Gasteiger partial charge in [-0.2, -0.15) is 17.0 Å². The number of halogens is 1. The Morgan fingerprint density at radius 1 is 1.24 bits per heavy atom. The lowest BCUT2D eigenvalue weighted by molar-refractivity contribution is -0.155. The molecule has 1 atom stereocenters. The van der Waals surface area contributed by atoms with E-state index in [4.69, 9.17) is 4.74 Å². The maximum absolute atomic E-state index is 13.1. The first-order valence-electron chi connectivity index (χ1n) is 7.71. The molecule has 0 N–H and O–H groups in total. The van der Waals surface area contributed by atoms with Crippen molar-refractivity contribution >= 4 is 22.1 Å². The molecule has 0 aromatic heterocycles. The SMILES string of the molecule is CC(C)(C)OC(=O)CN1[C@@H](Cc2ccccc2)C(=O)N(CF)S1(=O)=O. The van der Waals surface area contributed by atoms with Crippen LogP contribution in [0.5, 0.6) is 0 Å². The molecule has 0 saturated carbocycles. The van der Waals surface area contributed by atoms with E-state index in [2.05, 4.69) is 0 Å². The fraction of sp³-hybridized carbons (Fsp3) is 0.500. The molecule has 1 amide bonds. The van der Waals surface area contributed by atoms with Crippen molar-refractivity contribution < 1.29 is 27.1 Å². The van der Waals surface area contributed by atoms with Crippen LogP contribution < -0.4 is 0 Å². The van der Waals surface area contributed by atoms with E-state index in [0.717, 1.165) is 0 Å². The van der Waals surface area contributed by atoms with Crippen molar-refractivity contribution in [2.24, 2.45) is 0 Å². The first-order valence-corrected chi connectivity index (χ1v) is 9.11. The Morgan fingerprint density at radius 3 is 2.36 bits per heavy atom. The van der Waals surface area contributed by atoms with Crippen molar-refractivity contribution in [1.29, 1.82) is 0 Å². The van der Waals surface area contributed by atoms with Gasteiger partial charge in [0.2, 0.25) is 0 Å². The minimum absolute atomic E-state index is 0.0399. The number of carbonyl (C=O) groups excluding carboxylic acids is 2. The van der Waals surface area contributed by atoms with Gasteiger partial charge < -0.3 is 4.74 Å². The molecule has 1 aromatic carbocycles. The van der Waals surface area contributed by atoms with Crippen LogP contribution in [0, 0.1) is 0 Å². The van der Waals surface area contributed by atoms with Crippen LogP contribution in [0.1, 0.15) is 26.3 Å². The molecule has 1 heterocycles. The summed E-state index contributed by atoms with van der Waals surface area (Å²) in [6.45, 7) is 2.80. The summed E-state index contributed by atoms with van der Waals surface area (Å²) in [6, 6.07) is 7.54. The zero-order valence-electron chi connectivity index (χ0n) is 14.3. The molecule has 0 spiro atoms. The van der Waals surface area contributed by atoms with Gasteiger partial charge in [0, 0.05) is 0 Å². The largest absolute Gasteiger partial charge is 0.459 e. The van der Waals surface area contributed by atoms with E-state index in [1.807, 2.05) is 0 Å². The molecule has 0 unspecified atom stereocenters. The van der Waals surface area contributed by atoms with E-state index in [1.54, 1.807) is 51.1 Å². The molecule has 25 heavy (non-hydrogen) atoms. The molecular formula is C16H21FN2O5S. The number of rotatable bonds is 5. The molecule has 1 aromatic rings. The molecule has 0 aliphatic carbocycles. The van der Waals surface area contributed by atoms with Crippen LogP contribution in [0.3, 0.4) is 0 Å². The van der Waals surface area contributed by atoms with Crippen LogP contribution in [0.15, 0.2) is 30.3 Å². The van der Waals surface area contributed by atoms with Crippen LogP contribution in [-0.2, 0) is 31.0 Å². The molecule has 1 aliphatic rings. The van der Waals surface area contributed by atoms with Crippen LogP contribution in [0.4, 0.5) is 4.39 Å². The number of amides is 1. The Morgan fingerprint density at radius 2 is 1.84 bits per heavy atom. The van der Waals surface area contributed by atoms with Crippen LogP contribution in [0.25, 0.3) is 0 Å². The molecule has 2 rings (SSSR count). The average molecular weight is 372 g/mol. The zero-order valence-corrected chi connectivity index (χ0v) is 15.1. The van der Waals surface area contributed by atoms with Crippen molar-refractivity contribution in [2.75, 3.05) is 13.3 Å². The monoisotopic (exact) mass is 372 g/mol. The summed E-state index contributed by atoms with van der Waals surface area (Å²) in [5.74, 6) is -1.70. The van der Waals surface area contributed by atoms with E-state index in [9.17, 15) is 22.4 Å². The number of nitrogens with zero attached hydrogens (tertiary/aromatic N) is 2. The van der Waals surface area contributed by atoms with Gasteiger partial charge in [-0.05, 0) is 32.8 Å². The van der Waals surface area contributed by atoms with Gasteiger partial charge in [0.1, 0.15) is 18.2 Å². The van der Waals surface area contributed by atoms with E-state index in [-0.39, 0.29) is 10.7 Å². The number of ether oxygens (including phenoxy) is 1. The normalized spacial score (nSPS) is 20.7. The van der Waals surface area contributed by atoms with Gasteiger partial charge in [-0.15, -0.1) is 0 Å². The zero-order chi connectivity index (χ0) is 18.8. The summed E-state index contributed by atoms with van der Waals surface area (Å²) in [5.41, 5.74) is -0.106. The molecule has 1 aliphatic heterocycles. The van der Waals surface area contributed by atoms with Gasteiger partial charge in [-0.25, -0.2) is 4.39 Å². The third kappa shape index (κ3) is 4.35. The molecule has 138 valence electrons. The minimum atomic E-state index is -4.41. The predicted molar refractivity (Wildman–Crippen MR) is 88.2 cm³/mol. The summed E-state index contributed by atoms with van der Waals surface area (Å²) in [5, 5.41) is 0. The lowest BCUT2D eigenvalue weighted by Crippen LogP contribution is -2.42. The Bertz CT molecular complexity index is 746. The third-order valence-corrected chi connectivity index (χ3v) is 5.35. The first kappa shape index (κ1) is 19.3. The number of benzene rings is 1. The second-order valence-corrected chi connectivity index (χ2v) is 8.46. The standard InChI is InChI=1S/C16H21FN2O5S/c1-16(2,3)24-14(20)10-18-13(9-12-7-5-4-6-8-12)15(21)19(11-17)25(18,22)23/h4-8,13H,9-11H2,1-3H3/t13-/m0/s1. The lowest BCUT2D eigenvalue weighted by atomic mass is 10.1. The maximum atomic E-state index is 13.1. The van der Waals surface area contributed by atoms with E-state index >= 15 is 0 Å². The number of alkyl halides is 1. The summed E-state index contributed by atoms with van der Waals surface area (Å²) in [6.07, 6.45) is 0.0399. The second kappa shape index (κ2) is 7.09. The second-order valence-electron chi connectivity index (χ2n) is 6.65. The van der Waals surface area contributed by atoms with Crippen LogP contribution in [-0.4, -0.2) is 53.9 Å². The van der Waals surface area contributed by atoms with Crippen molar-refractivity contribution in [3.05, 3.63) is 35.9 Å². The van der Waals surface area contributed by atoms with Crippen LogP contribution in [0.2, 0.25) is 0 Å². The number of hydrogen-bond acceptors (Lipinski definition) is 5. The van der Waals surface area contributed by atoms with Crippen molar-refractivity contribution in [2.45, 2.75) is 38.8 Å². The highest BCUT2D eigenvalue weighted by molar-refractivity contribution is 7.87. The Balaban J connectivity index is 2.30. The van der Waals surface area contributed by atoms with Crippen molar-refractivity contribution in [1.82, 2.24) is 8.61 Å². The first-order chi connectivity index (χ1) is 11.6. The highest BCUT2D eigenvalue weighted by atomic mass is 32.2. The third-order valence-electron chi connectivity index (χ3n) is 3.54. The lowest BCUT2D eigenvalue weighted by Gasteiger charge is -2.23. The minimum Gasteiger partial charge on any atom is -0.459 e. The fourth-order valence-corrected chi connectivity index (χ4v) is 4.01. The number of hydrogen-bond donors (Lipinski definition) is 0. The summed E-state index contributed by atoms with van der Waals surface area (Å²) in [7, 11) is -4.41. The Labute approximate surface area is 146 Å². The van der Waals surface area contributed by atoms with Gasteiger partial charge in [-0.3, -0.25) is 9.59 Å². The van der Waals surface area contributed by atoms with Gasteiger partial charge in [0.25, 0.3) is 5.91 Å². The van der Waals surface area contributed by atoms with Crippen molar-refractivity contribution in [3.8, 4) is 0 Å². The Kier molecular flexibility index (Phi) is 5.48. The van der Waals surface area contributed by atoms with Gasteiger partial charge >= 0.3 is 16.2 Å². The van der Waals surface area contributed by atoms with Gasteiger partial charge in [-0.1, -0.05) is 30.3 Å². The van der Waals surface area contributed by atoms with E-state index in [1.165, 1.54) is 0 Å². The van der Waals surface area contributed by atoms with Crippen molar-refractivity contribution in [3.63, 3.8) is 0 Å². The van der Waals surface area contributed by atoms with E-state index in [0.29, 0.717) is 9.87 Å². The fourth-order valence-electron chi connectivity index (χ4n) is 2.53. The number of esters is 1. The molecule has 0 radical (unpaired) electrons. The van der Waals surface area contributed by atoms with Gasteiger partial charge in [0.15, 0.2) is 6.80 Å². The van der Waals surface area contributed by atoms with Gasteiger partial charge in [0.05, 0.1) is 0 Å². The molecule has 0 bridgehead atoms. The quantitative estimate of drug-likeness (QED) is 0.574.